The molecular weight excluding hydrogens is 649 g/mol. The minimum Gasteiger partial charge on any atom is -0.349 e. The zero-order chi connectivity index (χ0) is 37.2. The summed E-state index contributed by atoms with van der Waals surface area (Å²) in [6, 6.07) is 21.5. The van der Waals surface area contributed by atoms with Crippen LogP contribution in [0.5, 0.6) is 0 Å². The third-order valence-corrected chi connectivity index (χ3v) is 11.0. The van der Waals surface area contributed by atoms with E-state index in [0.717, 1.165) is 91.6 Å². The molecule has 1 aliphatic heterocycles. The Morgan fingerprint density at radius 2 is 1.62 bits per heavy atom. The highest BCUT2D eigenvalue weighted by molar-refractivity contribution is 6.02. The first-order valence-corrected chi connectivity index (χ1v) is 19.2. The lowest BCUT2D eigenvalue weighted by Gasteiger charge is -2.34. The van der Waals surface area contributed by atoms with Crippen LogP contribution >= 0.6 is 0 Å². The molecule has 0 bridgehead atoms. The summed E-state index contributed by atoms with van der Waals surface area (Å²) >= 11 is 0. The molecule has 1 saturated heterocycles. The molecule has 2 fully saturated rings. The minimum atomic E-state index is -0.780. The third-order valence-electron chi connectivity index (χ3n) is 11.0. The average Bonchev–Trinajstić information content (AvgIpc) is 3.16. The molecule has 0 spiro atoms. The van der Waals surface area contributed by atoms with Gasteiger partial charge in [0.2, 0.25) is 11.8 Å². The van der Waals surface area contributed by atoms with Gasteiger partial charge in [0.1, 0.15) is 6.04 Å². The van der Waals surface area contributed by atoms with Gasteiger partial charge in [0.15, 0.2) is 0 Å². The minimum absolute atomic E-state index is 0.0560. The van der Waals surface area contributed by atoms with E-state index in [1.165, 1.54) is 0 Å². The van der Waals surface area contributed by atoms with E-state index in [2.05, 4.69) is 59.6 Å². The smallest absolute Gasteiger partial charge is 0.251 e. The van der Waals surface area contributed by atoms with Crippen LogP contribution in [0, 0.1) is 18.8 Å². The second-order valence-corrected chi connectivity index (χ2v) is 14.9. The van der Waals surface area contributed by atoms with Crippen molar-refractivity contribution in [3.05, 3.63) is 89.0 Å². The fourth-order valence-corrected chi connectivity index (χ4v) is 7.63. The van der Waals surface area contributed by atoms with Crippen molar-refractivity contribution < 1.29 is 14.4 Å². The van der Waals surface area contributed by atoms with E-state index in [4.69, 9.17) is 5.73 Å². The molecule has 2 aliphatic rings. The maximum absolute atomic E-state index is 13.9. The van der Waals surface area contributed by atoms with Crippen molar-refractivity contribution in [1.82, 2.24) is 15.5 Å². The number of aryl methyl sites for hydroxylation is 1. The van der Waals surface area contributed by atoms with Crippen LogP contribution < -0.4 is 21.7 Å². The maximum atomic E-state index is 13.9. The maximum Gasteiger partial charge on any atom is 0.251 e. The molecule has 5 rings (SSSR count). The lowest BCUT2D eigenvalue weighted by molar-refractivity contribution is -0.130. The molecular formula is C43H58N6O3. The number of nitrogens with zero attached hydrogens (tertiary/aromatic N) is 2. The molecule has 9 nitrogen and oxygen atoms in total. The van der Waals surface area contributed by atoms with Crippen LogP contribution in [0.25, 0.3) is 11.1 Å². The normalized spacial score (nSPS) is 19.2. The van der Waals surface area contributed by atoms with Gasteiger partial charge in [-0.15, -0.1) is 0 Å². The fourth-order valence-electron chi connectivity index (χ4n) is 7.63. The Hall–Kier alpha value is -4.34. The van der Waals surface area contributed by atoms with Gasteiger partial charge in [-0.1, -0.05) is 49.4 Å². The SMILES string of the molecule is CCC(=NC)c1ccc(NC(=O)C(Cc2ccc(C)c(-c3cccc(C(=O)NC4CCN(C(C)C)CC4)c3)c2)NC(=O)C2CCC(CN)CC2)cc1. The summed E-state index contributed by atoms with van der Waals surface area (Å²) in [7, 11) is 1.78. The second-order valence-electron chi connectivity index (χ2n) is 14.9. The highest BCUT2D eigenvalue weighted by atomic mass is 16.2. The Morgan fingerprint density at radius 3 is 2.25 bits per heavy atom. The van der Waals surface area contributed by atoms with Crippen molar-refractivity contribution in [2.45, 2.75) is 97.2 Å². The number of hydrogen-bond acceptors (Lipinski definition) is 6. The summed E-state index contributed by atoms with van der Waals surface area (Å²) < 4.78 is 0. The van der Waals surface area contributed by atoms with E-state index in [0.29, 0.717) is 36.2 Å². The van der Waals surface area contributed by atoms with Crippen molar-refractivity contribution >= 4 is 29.1 Å². The van der Waals surface area contributed by atoms with E-state index < -0.39 is 6.04 Å². The first-order chi connectivity index (χ1) is 25.1. The molecule has 52 heavy (non-hydrogen) atoms. The number of hydrogen-bond donors (Lipinski definition) is 4. The number of benzene rings is 3. The molecule has 9 heteroatoms. The molecule has 1 unspecified atom stereocenters. The third kappa shape index (κ3) is 10.2. The van der Waals surface area contributed by atoms with Gasteiger partial charge in [0.05, 0.1) is 0 Å². The molecule has 1 heterocycles. The molecule has 3 aromatic rings. The van der Waals surface area contributed by atoms with E-state index in [9.17, 15) is 14.4 Å². The van der Waals surface area contributed by atoms with Crippen molar-refractivity contribution in [3.63, 3.8) is 0 Å². The molecule has 1 atom stereocenters. The Morgan fingerprint density at radius 1 is 0.904 bits per heavy atom. The molecule has 1 aliphatic carbocycles. The predicted molar refractivity (Wildman–Crippen MR) is 212 cm³/mol. The van der Waals surface area contributed by atoms with Gasteiger partial charge in [0.25, 0.3) is 5.91 Å². The van der Waals surface area contributed by atoms with E-state index in [1.54, 1.807) is 7.05 Å². The molecule has 0 aromatic heterocycles. The Labute approximate surface area is 310 Å². The number of anilines is 1. The second kappa shape index (κ2) is 18.4. The number of rotatable bonds is 13. The number of nitrogens with two attached hydrogens (primary N) is 1. The Balaban J connectivity index is 1.33. The summed E-state index contributed by atoms with van der Waals surface area (Å²) in [6.07, 6.45) is 6.43. The predicted octanol–water partition coefficient (Wildman–Crippen LogP) is 6.52. The Kier molecular flexibility index (Phi) is 13.8. The zero-order valence-corrected chi connectivity index (χ0v) is 31.7. The summed E-state index contributed by atoms with van der Waals surface area (Å²) in [5.74, 6) is -0.0891. The van der Waals surface area contributed by atoms with Crippen LogP contribution in [0.1, 0.15) is 92.8 Å². The van der Waals surface area contributed by atoms with Gasteiger partial charge in [-0.2, -0.15) is 0 Å². The standard InChI is InChI=1S/C43H58N6O3/c1-6-39(45-5)32-16-18-36(19-17-32)47-43(52)40(48-41(50)33-14-12-30(27-44)13-15-33)25-31-11-10-29(4)38(24-31)34-8-7-9-35(26-34)42(51)46-37-20-22-49(23-21-37)28(2)3/h7-11,16-19,24,26,28,30,33,37,40H,6,12-15,20-23,25,27,44H2,1-5H3,(H,46,51)(H,47,52)(H,48,50). The lowest BCUT2D eigenvalue weighted by atomic mass is 9.81. The van der Waals surface area contributed by atoms with Crippen LogP contribution in [0.15, 0.2) is 71.7 Å². The zero-order valence-electron chi connectivity index (χ0n) is 31.7. The molecule has 3 amide bonds. The first kappa shape index (κ1) is 38.9. The number of aliphatic imine (C=N–C) groups is 1. The van der Waals surface area contributed by atoms with Crippen molar-refractivity contribution in [1.29, 1.82) is 0 Å². The van der Waals surface area contributed by atoms with Crippen LogP contribution in [0.2, 0.25) is 0 Å². The largest absolute Gasteiger partial charge is 0.349 e. The Bertz CT molecular complexity index is 1700. The summed E-state index contributed by atoms with van der Waals surface area (Å²) in [4.78, 5) is 47.7. The van der Waals surface area contributed by atoms with Crippen LogP contribution in [0.3, 0.4) is 0 Å². The van der Waals surface area contributed by atoms with Crippen molar-refractivity contribution in [2.75, 3.05) is 32.0 Å². The van der Waals surface area contributed by atoms with Crippen LogP contribution in [-0.2, 0) is 16.0 Å². The highest BCUT2D eigenvalue weighted by Crippen LogP contribution is 2.29. The average molecular weight is 707 g/mol. The van der Waals surface area contributed by atoms with Crippen LogP contribution in [0.4, 0.5) is 5.69 Å². The van der Waals surface area contributed by atoms with E-state index in [1.807, 2.05) is 60.7 Å². The van der Waals surface area contributed by atoms with Crippen molar-refractivity contribution in [3.8, 4) is 11.1 Å². The summed E-state index contributed by atoms with van der Waals surface area (Å²) in [5, 5.41) is 9.44. The fraction of sp³-hybridized carbons (Fsp3) is 0.488. The van der Waals surface area contributed by atoms with E-state index >= 15 is 0 Å². The van der Waals surface area contributed by atoms with Crippen molar-refractivity contribution in [2.24, 2.45) is 22.6 Å². The van der Waals surface area contributed by atoms with E-state index in [-0.39, 0.29) is 29.7 Å². The van der Waals surface area contributed by atoms with Gasteiger partial charge < -0.3 is 26.6 Å². The molecule has 5 N–H and O–H groups in total. The number of piperidine rings is 1. The number of likely N-dealkylation sites (tertiary alicyclic amines) is 1. The van der Waals surface area contributed by atoms with Gasteiger partial charge in [-0.3, -0.25) is 19.4 Å². The van der Waals surface area contributed by atoms with Crippen LogP contribution in [-0.4, -0.2) is 73.1 Å². The summed E-state index contributed by atoms with van der Waals surface area (Å²) in [6.45, 7) is 11.2. The lowest BCUT2D eigenvalue weighted by Crippen LogP contribution is -2.48. The van der Waals surface area contributed by atoms with Gasteiger partial charge >= 0.3 is 0 Å². The molecule has 0 radical (unpaired) electrons. The van der Waals surface area contributed by atoms with Gasteiger partial charge in [-0.05, 0) is 130 Å². The monoisotopic (exact) mass is 706 g/mol. The summed E-state index contributed by atoms with van der Waals surface area (Å²) in [5.41, 5.74) is 13.1. The number of carbonyl (C=O) groups excluding carboxylic acids is 3. The van der Waals surface area contributed by atoms with Gasteiger partial charge in [-0.25, -0.2) is 0 Å². The number of carbonyl (C=O) groups is 3. The van der Waals surface area contributed by atoms with Gasteiger partial charge in [0, 0.05) is 61.5 Å². The molecule has 278 valence electrons. The molecule has 1 saturated carbocycles. The quantitative estimate of drug-likeness (QED) is 0.151. The molecule has 3 aromatic carbocycles. The first-order valence-electron chi connectivity index (χ1n) is 19.2. The highest BCUT2D eigenvalue weighted by Gasteiger charge is 2.30. The number of nitrogens with one attached hydrogen (secondary N) is 3. The number of amides is 3. The topological polar surface area (TPSA) is 129 Å².